The molecule has 10 heteroatoms. The van der Waals surface area contributed by atoms with Crippen LogP contribution in [0.1, 0.15) is 19.4 Å². The molecule has 0 aliphatic carbocycles. The molecule has 2 saturated heterocycles. The van der Waals surface area contributed by atoms with Gasteiger partial charge in [0.2, 0.25) is 0 Å². The van der Waals surface area contributed by atoms with E-state index in [2.05, 4.69) is 25.2 Å². The number of anilines is 1. The van der Waals surface area contributed by atoms with Crippen LogP contribution in [0.25, 0.3) is 17.2 Å². The highest BCUT2D eigenvalue weighted by Gasteiger charge is 2.48. The monoisotopic (exact) mass is 418 g/mol. The maximum Gasteiger partial charge on any atom is 0.417 e. The molecule has 2 aliphatic heterocycles. The van der Waals surface area contributed by atoms with Crippen LogP contribution in [-0.2, 0) is 10.9 Å². The van der Waals surface area contributed by atoms with E-state index in [9.17, 15) is 13.2 Å². The minimum atomic E-state index is -4.44. The Labute approximate surface area is 170 Å². The highest BCUT2D eigenvalue weighted by Crippen LogP contribution is 2.34. The van der Waals surface area contributed by atoms with Gasteiger partial charge in [-0.2, -0.15) is 13.2 Å². The Bertz CT molecular complexity index is 1110. The molecular weight excluding hydrogens is 397 g/mol. The van der Waals surface area contributed by atoms with Crippen molar-refractivity contribution in [1.82, 2.24) is 24.7 Å². The first kappa shape index (κ1) is 19.3. The number of hydrogen-bond donors (Lipinski definition) is 1. The van der Waals surface area contributed by atoms with E-state index in [1.807, 2.05) is 19.9 Å². The summed E-state index contributed by atoms with van der Waals surface area (Å²) in [6.07, 6.45) is -0.294. The Morgan fingerprint density at radius 2 is 1.90 bits per heavy atom. The molecule has 7 nitrogen and oxygen atoms in total. The van der Waals surface area contributed by atoms with Gasteiger partial charge in [-0.15, -0.1) is 0 Å². The van der Waals surface area contributed by atoms with Crippen molar-refractivity contribution < 1.29 is 17.9 Å². The third-order valence-corrected chi connectivity index (χ3v) is 5.46. The Morgan fingerprint density at radius 1 is 1.10 bits per heavy atom. The first-order valence-electron chi connectivity index (χ1n) is 9.68. The smallest absolute Gasteiger partial charge is 0.363 e. The number of ether oxygens (including phenoxy) is 1. The average molecular weight is 418 g/mol. The minimum Gasteiger partial charge on any atom is -0.363 e. The first-order valence-corrected chi connectivity index (χ1v) is 9.68. The van der Waals surface area contributed by atoms with Gasteiger partial charge in [0.25, 0.3) is 0 Å². The normalized spacial score (nSPS) is 20.5. The van der Waals surface area contributed by atoms with E-state index >= 15 is 0 Å². The van der Waals surface area contributed by atoms with Crippen molar-refractivity contribution in [3.8, 4) is 11.5 Å². The summed E-state index contributed by atoms with van der Waals surface area (Å²) >= 11 is 0. The molecule has 0 amide bonds. The molecule has 158 valence electrons. The van der Waals surface area contributed by atoms with Gasteiger partial charge in [0.05, 0.1) is 23.9 Å². The molecule has 2 aliphatic rings. The van der Waals surface area contributed by atoms with Gasteiger partial charge in [-0.1, -0.05) is 0 Å². The Morgan fingerprint density at radius 3 is 2.60 bits per heavy atom. The van der Waals surface area contributed by atoms with E-state index in [1.54, 1.807) is 6.20 Å². The van der Waals surface area contributed by atoms with Gasteiger partial charge >= 0.3 is 6.18 Å². The second-order valence-electron chi connectivity index (χ2n) is 8.53. The largest absolute Gasteiger partial charge is 0.417 e. The SMILES string of the molecule is CC1(C)CN(c2ccnc(-c3cnc4ccc(C(F)(F)F)cn34)n2)CC2(CNC2)O1. The van der Waals surface area contributed by atoms with Crippen LogP contribution in [0.15, 0.2) is 36.8 Å². The van der Waals surface area contributed by atoms with E-state index in [1.165, 1.54) is 16.7 Å². The molecule has 2 fully saturated rings. The number of aromatic nitrogens is 4. The lowest BCUT2D eigenvalue weighted by Crippen LogP contribution is -2.72. The van der Waals surface area contributed by atoms with Crippen LogP contribution in [0.4, 0.5) is 19.0 Å². The number of imidazole rings is 1. The number of nitrogens with one attached hydrogen (secondary N) is 1. The number of alkyl halides is 3. The summed E-state index contributed by atoms with van der Waals surface area (Å²) < 4.78 is 47.1. The number of rotatable bonds is 2. The third kappa shape index (κ3) is 3.29. The number of morpholine rings is 1. The third-order valence-electron chi connectivity index (χ3n) is 5.46. The molecule has 5 rings (SSSR count). The topological polar surface area (TPSA) is 67.6 Å². The molecule has 3 aromatic rings. The van der Waals surface area contributed by atoms with Crippen LogP contribution in [0, 0.1) is 0 Å². The number of nitrogens with zero attached hydrogens (tertiary/aromatic N) is 5. The van der Waals surface area contributed by atoms with E-state index in [0.717, 1.165) is 25.4 Å². The molecule has 0 saturated carbocycles. The van der Waals surface area contributed by atoms with Gasteiger partial charge in [-0.25, -0.2) is 15.0 Å². The van der Waals surface area contributed by atoms with Gasteiger partial charge in [0, 0.05) is 32.0 Å². The lowest BCUT2D eigenvalue weighted by molar-refractivity contribution is -0.173. The van der Waals surface area contributed by atoms with Gasteiger partial charge in [-0.3, -0.25) is 4.40 Å². The molecule has 0 atom stereocenters. The maximum absolute atomic E-state index is 13.2. The van der Waals surface area contributed by atoms with Crippen molar-refractivity contribution in [2.75, 3.05) is 31.1 Å². The molecule has 0 unspecified atom stereocenters. The molecule has 0 aromatic carbocycles. The van der Waals surface area contributed by atoms with Gasteiger partial charge in [-0.05, 0) is 32.0 Å². The number of hydrogen-bond acceptors (Lipinski definition) is 6. The number of halogens is 3. The van der Waals surface area contributed by atoms with Crippen LogP contribution < -0.4 is 10.2 Å². The quantitative estimate of drug-likeness (QED) is 0.691. The van der Waals surface area contributed by atoms with Crippen LogP contribution in [0.5, 0.6) is 0 Å². The fourth-order valence-electron chi connectivity index (χ4n) is 4.23. The maximum atomic E-state index is 13.2. The molecule has 5 heterocycles. The number of fused-ring (bicyclic) bond motifs is 1. The highest BCUT2D eigenvalue weighted by molar-refractivity contribution is 5.59. The van der Waals surface area contributed by atoms with E-state index in [-0.39, 0.29) is 11.2 Å². The van der Waals surface area contributed by atoms with Gasteiger partial charge in [0.1, 0.15) is 22.8 Å². The molecule has 1 N–H and O–H groups in total. The van der Waals surface area contributed by atoms with Crippen molar-refractivity contribution >= 4 is 11.5 Å². The predicted molar refractivity (Wildman–Crippen MR) is 104 cm³/mol. The van der Waals surface area contributed by atoms with Gasteiger partial charge < -0.3 is 15.0 Å². The van der Waals surface area contributed by atoms with Crippen LogP contribution in [0.2, 0.25) is 0 Å². The summed E-state index contributed by atoms with van der Waals surface area (Å²) in [7, 11) is 0. The standard InChI is InChI=1S/C20H21F3N6O/c1-18(2)11-28(12-19(30-18)9-24-10-19)16-5-6-25-17(27-16)14-7-26-15-4-3-13(8-29(14)15)20(21,22)23/h3-8,24H,9-12H2,1-2H3. The summed E-state index contributed by atoms with van der Waals surface area (Å²) in [6.45, 7) is 6.98. The van der Waals surface area contributed by atoms with Crippen molar-refractivity contribution in [2.45, 2.75) is 31.2 Å². The van der Waals surface area contributed by atoms with E-state index in [0.29, 0.717) is 36.1 Å². The van der Waals surface area contributed by atoms with Crippen LogP contribution in [-0.4, -0.2) is 56.7 Å². The van der Waals surface area contributed by atoms with E-state index in [4.69, 9.17) is 4.74 Å². The second-order valence-corrected chi connectivity index (χ2v) is 8.53. The van der Waals surface area contributed by atoms with Crippen molar-refractivity contribution in [2.24, 2.45) is 0 Å². The zero-order valence-electron chi connectivity index (χ0n) is 16.6. The summed E-state index contributed by atoms with van der Waals surface area (Å²) in [4.78, 5) is 15.3. The van der Waals surface area contributed by atoms with Gasteiger partial charge in [0.15, 0.2) is 5.82 Å². The van der Waals surface area contributed by atoms with Crippen LogP contribution in [0.3, 0.4) is 0 Å². The lowest BCUT2D eigenvalue weighted by atomic mass is 9.90. The zero-order chi connectivity index (χ0) is 21.1. The molecule has 1 spiro atoms. The second kappa shape index (κ2) is 6.39. The van der Waals surface area contributed by atoms with Crippen LogP contribution >= 0.6 is 0 Å². The minimum absolute atomic E-state index is 0.252. The fourth-order valence-corrected chi connectivity index (χ4v) is 4.23. The Balaban J connectivity index is 1.52. The molecule has 3 aromatic heterocycles. The highest BCUT2D eigenvalue weighted by atomic mass is 19.4. The van der Waals surface area contributed by atoms with Crippen molar-refractivity contribution in [3.63, 3.8) is 0 Å². The average Bonchev–Trinajstić information content (AvgIpc) is 3.08. The van der Waals surface area contributed by atoms with Crippen molar-refractivity contribution in [1.29, 1.82) is 0 Å². The summed E-state index contributed by atoms with van der Waals surface area (Å²) in [5, 5.41) is 3.26. The lowest BCUT2D eigenvalue weighted by Gasteiger charge is -2.54. The van der Waals surface area contributed by atoms with Crippen molar-refractivity contribution in [3.05, 3.63) is 42.4 Å². The summed E-state index contributed by atoms with van der Waals surface area (Å²) in [5.74, 6) is 1.04. The molecular formula is C20H21F3N6O. The fraction of sp³-hybridized carbons (Fsp3) is 0.450. The predicted octanol–water partition coefficient (Wildman–Crippen LogP) is 2.77. The molecule has 30 heavy (non-hydrogen) atoms. The summed E-state index contributed by atoms with van der Waals surface area (Å²) in [6, 6.07) is 4.17. The number of pyridine rings is 1. The molecule has 0 bridgehead atoms. The summed E-state index contributed by atoms with van der Waals surface area (Å²) in [5.41, 5.74) is -0.544. The molecule has 0 radical (unpaired) electrons. The first-order chi connectivity index (χ1) is 14.1. The zero-order valence-corrected chi connectivity index (χ0v) is 16.6. The Hall–Kier alpha value is -2.72. The van der Waals surface area contributed by atoms with E-state index < -0.39 is 11.7 Å². The Kier molecular flexibility index (Phi) is 4.10.